The molecule has 0 aromatic heterocycles. The molecule has 0 rings (SSSR count). The van der Waals surface area contributed by atoms with Crippen LogP contribution in [0.2, 0.25) is 0 Å². The lowest BCUT2D eigenvalue weighted by atomic mass is 9.89. The van der Waals surface area contributed by atoms with Crippen molar-refractivity contribution in [2.45, 2.75) is 98.8 Å². The van der Waals surface area contributed by atoms with E-state index in [0.29, 0.717) is 4.90 Å². The van der Waals surface area contributed by atoms with E-state index in [2.05, 4.69) is 5.32 Å². The fourth-order valence-electron chi connectivity index (χ4n) is 4.05. The van der Waals surface area contributed by atoms with Crippen LogP contribution in [0.5, 0.6) is 0 Å². The first-order valence-corrected chi connectivity index (χ1v) is 13.1. The maximum Gasteiger partial charge on any atom is 0.287 e. The third-order valence-electron chi connectivity index (χ3n) is 5.96. The molecule has 0 fully saturated rings. The van der Waals surface area contributed by atoms with Crippen LogP contribution in [0.15, 0.2) is 0 Å². The molecule has 4 atom stereocenters. The van der Waals surface area contributed by atoms with Crippen LogP contribution in [0.3, 0.4) is 0 Å². The molecule has 0 heterocycles. The van der Waals surface area contributed by atoms with Gasteiger partial charge in [-0.25, -0.2) is 8.78 Å². The lowest BCUT2D eigenvalue weighted by Crippen LogP contribution is -2.63. The molecular formula is C26H48F2N4O5. The molecule has 0 saturated carbocycles. The van der Waals surface area contributed by atoms with Crippen molar-refractivity contribution in [3.8, 4) is 0 Å². The summed E-state index contributed by atoms with van der Waals surface area (Å²) in [5, 5.41) is 13.3. The van der Waals surface area contributed by atoms with Gasteiger partial charge in [0, 0.05) is 19.4 Å². The van der Waals surface area contributed by atoms with Gasteiger partial charge in [0.25, 0.3) is 11.8 Å². The average molecular weight is 535 g/mol. The Hall–Kier alpha value is -1.98. The Morgan fingerprint density at radius 1 is 0.865 bits per heavy atom. The van der Waals surface area contributed by atoms with Gasteiger partial charge in [-0.2, -0.15) is 0 Å². The Balaban J connectivity index is 6.85. The highest BCUT2D eigenvalue weighted by Gasteiger charge is 2.50. The maximum atomic E-state index is 14.7. The topological polar surface area (TPSA) is 156 Å². The van der Waals surface area contributed by atoms with Gasteiger partial charge in [-0.15, -0.1) is 0 Å². The second-order valence-corrected chi connectivity index (χ2v) is 11.4. The van der Waals surface area contributed by atoms with Gasteiger partial charge in [0.15, 0.2) is 0 Å². The molecule has 37 heavy (non-hydrogen) atoms. The number of imide groups is 1. The number of carbonyl (C=O) groups excluding carboxylic acids is 4. The van der Waals surface area contributed by atoms with Crippen molar-refractivity contribution in [1.29, 1.82) is 0 Å². The number of carbonyl (C=O) groups is 4. The number of aliphatic hydroxyl groups excluding tert-OH is 1. The molecule has 4 unspecified atom stereocenters. The van der Waals surface area contributed by atoms with Crippen molar-refractivity contribution in [2.24, 2.45) is 41.1 Å². The van der Waals surface area contributed by atoms with Crippen molar-refractivity contribution in [2.75, 3.05) is 13.1 Å². The summed E-state index contributed by atoms with van der Waals surface area (Å²) in [6.45, 7) is 12.1. The average Bonchev–Trinajstić information content (AvgIpc) is 2.75. The van der Waals surface area contributed by atoms with E-state index in [1.54, 1.807) is 41.5 Å². The quantitative estimate of drug-likeness (QED) is 0.221. The van der Waals surface area contributed by atoms with Gasteiger partial charge in [0.05, 0.1) is 12.6 Å². The van der Waals surface area contributed by atoms with E-state index in [9.17, 15) is 33.1 Å². The number of aliphatic hydroxyl groups is 1. The summed E-state index contributed by atoms with van der Waals surface area (Å²) in [5.74, 6) is -9.33. The predicted molar refractivity (Wildman–Crippen MR) is 138 cm³/mol. The molecule has 0 spiro atoms. The van der Waals surface area contributed by atoms with Crippen LogP contribution in [0.1, 0.15) is 74.7 Å². The van der Waals surface area contributed by atoms with E-state index < -0.39 is 72.5 Å². The normalized spacial score (nSPS) is 15.6. The summed E-state index contributed by atoms with van der Waals surface area (Å²) in [4.78, 5) is 53.7. The molecule has 0 aromatic carbocycles. The number of alkyl halides is 2. The molecule has 0 bridgehead atoms. The molecule has 216 valence electrons. The van der Waals surface area contributed by atoms with Crippen molar-refractivity contribution < 1.29 is 33.1 Å². The molecule has 11 heteroatoms. The minimum Gasteiger partial charge on any atom is -0.385 e. The number of nitrogens with two attached hydrogens (primary N) is 2. The molecule has 3 amide bonds. The molecule has 0 aliphatic rings. The Labute approximate surface area is 220 Å². The Kier molecular flexibility index (Phi) is 14.6. The highest BCUT2D eigenvalue weighted by Crippen LogP contribution is 2.29. The van der Waals surface area contributed by atoms with Crippen molar-refractivity contribution in [1.82, 2.24) is 10.2 Å². The Morgan fingerprint density at radius 2 is 1.38 bits per heavy atom. The van der Waals surface area contributed by atoms with Crippen molar-refractivity contribution >= 4 is 23.5 Å². The predicted octanol–water partition coefficient (Wildman–Crippen LogP) is 2.09. The van der Waals surface area contributed by atoms with Crippen LogP contribution < -0.4 is 16.8 Å². The number of ketones is 1. The van der Waals surface area contributed by atoms with Gasteiger partial charge in [-0.1, -0.05) is 55.4 Å². The number of hydrogen-bond donors (Lipinski definition) is 4. The van der Waals surface area contributed by atoms with Crippen molar-refractivity contribution in [3.63, 3.8) is 0 Å². The third-order valence-corrected chi connectivity index (χ3v) is 5.96. The molecule has 6 N–H and O–H groups in total. The number of hydrogen-bond acceptors (Lipinski definition) is 7. The zero-order valence-electron chi connectivity index (χ0n) is 23.6. The summed E-state index contributed by atoms with van der Waals surface area (Å²) in [6, 6.07) is -2.97. The minimum atomic E-state index is -3.83. The van der Waals surface area contributed by atoms with E-state index >= 15 is 0 Å². The second kappa shape index (κ2) is 15.4. The van der Waals surface area contributed by atoms with E-state index in [4.69, 9.17) is 11.5 Å². The molecule has 0 aliphatic heterocycles. The minimum absolute atomic E-state index is 0.00920. The van der Waals surface area contributed by atoms with E-state index in [1.807, 2.05) is 13.8 Å². The number of rotatable bonds is 16. The van der Waals surface area contributed by atoms with Crippen LogP contribution in [-0.4, -0.2) is 70.7 Å². The summed E-state index contributed by atoms with van der Waals surface area (Å²) >= 11 is 0. The van der Waals surface area contributed by atoms with E-state index in [0.717, 1.165) is 0 Å². The van der Waals surface area contributed by atoms with Gasteiger partial charge >= 0.3 is 0 Å². The first kappa shape index (κ1) is 35.0. The van der Waals surface area contributed by atoms with Gasteiger partial charge in [-0.3, -0.25) is 24.1 Å². The summed E-state index contributed by atoms with van der Waals surface area (Å²) in [6.07, 6.45) is -2.59. The van der Waals surface area contributed by atoms with Gasteiger partial charge < -0.3 is 21.9 Å². The van der Waals surface area contributed by atoms with Crippen LogP contribution in [0, 0.1) is 29.6 Å². The summed E-state index contributed by atoms with van der Waals surface area (Å²) in [7, 11) is 0. The van der Waals surface area contributed by atoms with Crippen LogP contribution >= 0.6 is 0 Å². The lowest BCUT2D eigenvalue weighted by Gasteiger charge is -2.40. The Morgan fingerprint density at radius 3 is 1.76 bits per heavy atom. The van der Waals surface area contributed by atoms with Crippen LogP contribution in [-0.2, 0) is 19.2 Å². The monoisotopic (exact) mass is 534 g/mol. The molecule has 0 aromatic rings. The smallest absolute Gasteiger partial charge is 0.287 e. The summed E-state index contributed by atoms with van der Waals surface area (Å²) in [5.41, 5.74) is 11.0. The first-order valence-electron chi connectivity index (χ1n) is 13.1. The molecular weight excluding hydrogens is 486 g/mol. The fourth-order valence-corrected chi connectivity index (χ4v) is 4.05. The number of nitrogens with one attached hydrogen (secondary N) is 1. The zero-order chi connectivity index (χ0) is 29.2. The third kappa shape index (κ3) is 10.7. The van der Waals surface area contributed by atoms with E-state index in [-0.39, 0.29) is 37.0 Å². The largest absolute Gasteiger partial charge is 0.385 e. The highest BCUT2D eigenvalue weighted by molar-refractivity contribution is 6.09. The standard InChI is InChI=1S/C26H48F2N4O5/c1-14(2)9-19(23(35)26(27,28)13-30)32(24(36)18(12-29)20(33)10-15(3)4)25(37)22(17(7)8)31-21(34)11-16(5)6/h14-19,22-23,35H,9-13,29-30H2,1-8H3,(H,31,34). The van der Waals surface area contributed by atoms with Gasteiger partial charge in [0.2, 0.25) is 11.8 Å². The molecule has 9 nitrogen and oxygen atoms in total. The molecule has 0 saturated heterocycles. The van der Waals surface area contributed by atoms with Gasteiger partial charge in [0.1, 0.15) is 23.8 Å². The van der Waals surface area contributed by atoms with E-state index in [1.165, 1.54) is 0 Å². The first-order chi connectivity index (χ1) is 16.9. The SMILES string of the molecule is CC(C)CC(=O)NC(C(=O)N(C(=O)C(CN)C(=O)CC(C)C)C(CC(C)C)C(O)C(F)(F)CN)C(C)C. The number of amides is 3. The maximum absolute atomic E-state index is 14.7. The molecule has 0 radical (unpaired) electrons. The molecule has 0 aliphatic carbocycles. The summed E-state index contributed by atoms with van der Waals surface area (Å²) < 4.78 is 29.4. The lowest BCUT2D eigenvalue weighted by molar-refractivity contribution is -0.169. The highest BCUT2D eigenvalue weighted by atomic mass is 19.3. The van der Waals surface area contributed by atoms with Crippen LogP contribution in [0.25, 0.3) is 0 Å². The van der Waals surface area contributed by atoms with Crippen LogP contribution in [0.4, 0.5) is 8.78 Å². The second-order valence-electron chi connectivity index (χ2n) is 11.4. The number of Topliss-reactive ketones (excluding diaryl/α,β-unsaturated/α-hetero) is 1. The number of nitrogens with zero attached hydrogens (tertiary/aromatic N) is 1. The van der Waals surface area contributed by atoms with Gasteiger partial charge in [-0.05, 0) is 30.1 Å². The van der Waals surface area contributed by atoms with Crippen molar-refractivity contribution in [3.05, 3.63) is 0 Å². The fraction of sp³-hybridized carbons (Fsp3) is 0.846. The number of halogens is 2. The Bertz CT molecular complexity index is 774. The zero-order valence-corrected chi connectivity index (χ0v) is 23.6.